The normalized spacial score (nSPS) is 46.9. The lowest BCUT2D eigenvalue weighted by Crippen LogP contribution is -2.60. The first kappa shape index (κ1) is 27.1. The van der Waals surface area contributed by atoms with Gasteiger partial charge in [-0.1, -0.05) is 70.7 Å². The van der Waals surface area contributed by atoms with Crippen LogP contribution in [0.3, 0.4) is 0 Å². The molecule has 0 radical (unpaired) electrons. The van der Waals surface area contributed by atoms with Gasteiger partial charge >= 0.3 is 0 Å². The summed E-state index contributed by atoms with van der Waals surface area (Å²) < 4.78 is 24.1. The van der Waals surface area contributed by atoms with Crippen LogP contribution >= 0.6 is 92.8 Å². The van der Waals surface area contributed by atoms with E-state index in [0.29, 0.717) is 0 Å². The van der Waals surface area contributed by atoms with Crippen LogP contribution in [0.4, 0.5) is 0 Å². The smallest absolute Gasteiger partial charge is 0.218 e. The Morgan fingerprint density at radius 1 is 0.528 bits per heavy atom. The van der Waals surface area contributed by atoms with Gasteiger partial charge in [-0.3, -0.25) is 0 Å². The molecule has 0 heterocycles. The van der Waals surface area contributed by atoms with Gasteiger partial charge in [0.1, 0.15) is 19.5 Å². The third-order valence-corrected chi connectivity index (χ3v) is 14.5. The lowest BCUT2D eigenvalue weighted by molar-refractivity contribution is -0.225. The lowest BCUT2D eigenvalue weighted by atomic mass is 9.57. The summed E-state index contributed by atoms with van der Waals surface area (Å²) in [5.41, 5.74) is 1.69. The van der Waals surface area contributed by atoms with Crippen LogP contribution in [0.25, 0.3) is 0 Å². The molecule has 0 saturated heterocycles. The Kier molecular flexibility index (Phi) is 5.84. The highest BCUT2D eigenvalue weighted by molar-refractivity contribution is 6.54. The van der Waals surface area contributed by atoms with Gasteiger partial charge in [0.15, 0.2) is 0 Å². The number of hydrogen-bond donors (Lipinski definition) is 0. The SMILES string of the molecule is COC1(OC)[C@@]2(Cl)C(Cl)=C(Cl)[C@]1(Cl)[C@@H]1[C@@H]3[C@H](c4ccccc4[C@@H]12)[C@]1(Cl)C(Cl)=C(Cl)[C@@]3(Cl)C1(OC)OC. The van der Waals surface area contributed by atoms with Gasteiger partial charge in [0.05, 0.1) is 20.1 Å². The molecule has 2 saturated carbocycles. The predicted molar refractivity (Wildman–Crippen MR) is 144 cm³/mol. The second kappa shape index (κ2) is 7.78. The average molecular weight is 656 g/mol. The summed E-state index contributed by atoms with van der Waals surface area (Å²) in [4.78, 5) is -6.15. The molecule has 1 aromatic carbocycles. The van der Waals surface area contributed by atoms with Crippen LogP contribution in [0.1, 0.15) is 23.0 Å². The molecule has 0 aliphatic heterocycles. The molecular formula is C24H20Cl8O4. The highest BCUT2D eigenvalue weighted by Gasteiger charge is 2.93. The van der Waals surface area contributed by atoms with Crippen molar-refractivity contribution in [2.75, 3.05) is 28.4 Å². The van der Waals surface area contributed by atoms with Crippen molar-refractivity contribution in [3.8, 4) is 0 Å². The maximum absolute atomic E-state index is 7.59. The van der Waals surface area contributed by atoms with E-state index < -0.39 is 54.7 Å². The van der Waals surface area contributed by atoms with Crippen LogP contribution in [0.5, 0.6) is 0 Å². The number of rotatable bonds is 4. The third kappa shape index (κ3) is 2.17. The Hall–Kier alpha value is 0.860. The van der Waals surface area contributed by atoms with Crippen molar-refractivity contribution in [3.63, 3.8) is 0 Å². The highest BCUT2D eigenvalue weighted by Crippen LogP contribution is 2.86. The van der Waals surface area contributed by atoms with Crippen molar-refractivity contribution in [1.82, 2.24) is 0 Å². The van der Waals surface area contributed by atoms with E-state index in [1.165, 1.54) is 28.4 Å². The Bertz CT molecular complexity index is 1170. The van der Waals surface area contributed by atoms with Gasteiger partial charge < -0.3 is 18.9 Å². The van der Waals surface area contributed by atoms with Gasteiger partial charge in [-0.2, -0.15) is 0 Å². The summed E-state index contributed by atoms with van der Waals surface area (Å²) in [6.45, 7) is 0. The molecule has 2 fully saturated rings. The Labute approximate surface area is 248 Å². The van der Waals surface area contributed by atoms with Crippen LogP contribution in [-0.2, 0) is 18.9 Å². The molecule has 36 heavy (non-hydrogen) atoms. The maximum atomic E-state index is 7.59. The topological polar surface area (TPSA) is 36.9 Å². The summed E-state index contributed by atoms with van der Waals surface area (Å²) in [6.07, 6.45) is 0. The molecule has 1 aromatic rings. The standard InChI is InChI=1S/C24H20Cl8O4/c1-33-23(34-2)19(29)11-9-7-5-6-8-10(9)12-14(13(11)21(23,31)17(27)15(19)25)22(32)18(28)16(26)20(12,30)24(22,35-3)36-4/h5-8,11-14H,1-4H3/t11-,12-,13-,14-,19-,20-,21+,22+/m0/s1. The fourth-order valence-electron chi connectivity index (χ4n) is 8.27. The molecule has 0 N–H and O–H groups in total. The molecule has 6 rings (SSSR count). The van der Waals surface area contributed by atoms with Crippen LogP contribution < -0.4 is 0 Å². The first-order valence-corrected chi connectivity index (χ1v) is 14.0. The van der Waals surface area contributed by atoms with E-state index in [1.54, 1.807) is 0 Å². The average Bonchev–Trinajstić information content (AvgIpc) is 3.29. The molecule has 0 spiro atoms. The zero-order valence-electron chi connectivity index (χ0n) is 19.3. The minimum atomic E-state index is -1.66. The molecule has 0 aromatic heterocycles. The largest absolute Gasteiger partial charge is 0.350 e. The molecule has 0 amide bonds. The first-order valence-electron chi connectivity index (χ1n) is 11.0. The van der Waals surface area contributed by atoms with Gasteiger partial charge in [-0.05, 0) is 11.1 Å². The molecule has 5 aliphatic rings. The van der Waals surface area contributed by atoms with Gasteiger partial charge in [-0.25, -0.2) is 0 Å². The van der Waals surface area contributed by atoms with Crippen LogP contribution in [-0.4, -0.2) is 59.5 Å². The summed E-state index contributed by atoms with van der Waals surface area (Å²) in [5.74, 6) is -5.74. The van der Waals surface area contributed by atoms with Crippen molar-refractivity contribution < 1.29 is 18.9 Å². The van der Waals surface area contributed by atoms with Crippen molar-refractivity contribution in [2.24, 2.45) is 11.8 Å². The lowest BCUT2D eigenvalue weighted by Gasteiger charge is -2.52. The Morgan fingerprint density at radius 2 is 0.806 bits per heavy atom. The number of halogens is 8. The minimum absolute atomic E-state index is 0.113. The molecule has 12 heteroatoms. The summed E-state index contributed by atoms with van der Waals surface area (Å²) in [7, 11) is 5.82. The van der Waals surface area contributed by atoms with Crippen molar-refractivity contribution >= 4 is 92.8 Å². The molecule has 5 aliphatic carbocycles. The summed E-state index contributed by atoms with van der Waals surface area (Å²) in [5, 5.41) is 0.524. The number of hydrogen-bond acceptors (Lipinski definition) is 4. The van der Waals surface area contributed by atoms with Crippen LogP contribution in [0, 0.1) is 11.8 Å². The zero-order chi connectivity index (χ0) is 26.4. The second-order valence-corrected chi connectivity index (χ2v) is 13.7. The summed E-state index contributed by atoms with van der Waals surface area (Å²) >= 11 is 57.8. The van der Waals surface area contributed by atoms with Crippen LogP contribution in [0.15, 0.2) is 44.4 Å². The van der Waals surface area contributed by atoms with E-state index in [2.05, 4.69) is 0 Å². The Morgan fingerprint density at radius 3 is 1.08 bits per heavy atom. The number of ether oxygens (including phenoxy) is 4. The number of methoxy groups -OCH3 is 4. The predicted octanol–water partition coefficient (Wildman–Crippen LogP) is 7.42. The number of benzene rings is 1. The van der Waals surface area contributed by atoms with Crippen LogP contribution in [0.2, 0.25) is 0 Å². The van der Waals surface area contributed by atoms with E-state index in [1.807, 2.05) is 24.3 Å². The van der Waals surface area contributed by atoms with E-state index in [0.717, 1.165) is 11.1 Å². The molecule has 4 bridgehead atoms. The molecular weight excluding hydrogens is 636 g/mol. The molecule has 4 nitrogen and oxygen atoms in total. The van der Waals surface area contributed by atoms with Crippen molar-refractivity contribution in [3.05, 3.63) is 55.5 Å². The summed E-state index contributed by atoms with van der Waals surface area (Å²) in [6, 6.07) is 7.71. The van der Waals surface area contributed by atoms with E-state index in [-0.39, 0.29) is 20.1 Å². The van der Waals surface area contributed by atoms with Crippen molar-refractivity contribution in [1.29, 1.82) is 0 Å². The van der Waals surface area contributed by atoms with Gasteiger partial charge in [-0.15, -0.1) is 46.4 Å². The molecule has 196 valence electrons. The fraction of sp³-hybridized carbons (Fsp3) is 0.583. The fourth-order valence-corrected chi connectivity index (χ4v) is 12.8. The zero-order valence-corrected chi connectivity index (χ0v) is 25.3. The van der Waals surface area contributed by atoms with Gasteiger partial charge in [0.2, 0.25) is 11.6 Å². The van der Waals surface area contributed by atoms with E-state index in [9.17, 15) is 0 Å². The molecule has 0 unspecified atom stereocenters. The monoisotopic (exact) mass is 652 g/mol. The third-order valence-electron chi connectivity index (χ3n) is 9.28. The quantitative estimate of drug-likeness (QED) is 0.250. The minimum Gasteiger partial charge on any atom is -0.350 e. The van der Waals surface area contributed by atoms with E-state index in [4.69, 9.17) is 112 Å². The number of fused-ring (bicyclic) bond motifs is 14. The first-order chi connectivity index (χ1) is 16.8. The Balaban J connectivity index is 1.79. The molecule has 8 atom stereocenters. The second-order valence-electron chi connectivity index (χ2n) is 9.79. The van der Waals surface area contributed by atoms with Gasteiger partial charge in [0.25, 0.3) is 0 Å². The maximum Gasteiger partial charge on any atom is 0.218 e. The highest BCUT2D eigenvalue weighted by atomic mass is 35.5. The van der Waals surface area contributed by atoms with Gasteiger partial charge in [0, 0.05) is 52.1 Å². The van der Waals surface area contributed by atoms with E-state index >= 15 is 0 Å². The van der Waals surface area contributed by atoms with Crippen molar-refractivity contribution in [2.45, 2.75) is 42.9 Å². The number of alkyl halides is 4.